The average molecular weight is 517 g/mol. The summed E-state index contributed by atoms with van der Waals surface area (Å²) in [5.74, 6) is 0.701. The van der Waals surface area contributed by atoms with Crippen LogP contribution in [-0.4, -0.2) is 51.6 Å². The number of methoxy groups -OCH3 is 3. The van der Waals surface area contributed by atoms with Crippen LogP contribution < -0.4 is 19.1 Å². The lowest BCUT2D eigenvalue weighted by molar-refractivity contribution is -0.121. The summed E-state index contributed by atoms with van der Waals surface area (Å²) in [5.41, 5.74) is 3.95. The maximum absolute atomic E-state index is 14.6. The molecule has 200 valence electrons. The van der Waals surface area contributed by atoms with Crippen LogP contribution in [0, 0.1) is 0 Å². The topological polar surface area (TPSA) is 68.3 Å². The van der Waals surface area contributed by atoms with E-state index >= 15 is 0 Å². The molecule has 0 radical (unpaired) electrons. The summed E-state index contributed by atoms with van der Waals surface area (Å²) in [6.45, 7) is 4.72. The van der Waals surface area contributed by atoms with Gasteiger partial charge in [0.15, 0.2) is 11.5 Å². The smallest absolute Gasteiger partial charge is 0.254 e. The molecule has 0 unspecified atom stereocenters. The van der Waals surface area contributed by atoms with Gasteiger partial charge in [-0.2, -0.15) is 0 Å². The predicted octanol–water partition coefficient (Wildman–Crippen LogP) is 5.63. The van der Waals surface area contributed by atoms with Gasteiger partial charge < -0.3 is 24.0 Å². The first-order valence-corrected chi connectivity index (χ1v) is 13.0. The molecule has 1 heterocycles. The standard InChI is InChI=1S/C31H36N2O5/c1-7-17-33(22-13-9-20(8-2)10-14-22)31(35)28-24-18-26(37-5)27(38-6)19-25(24)30(34)32(3)29(28)21-11-15-23(36-4)16-12-21/h9-16,18-19,28-29H,7-8,17H2,1-6H3/t28-,29-/m0/s1. The number of nitrogens with zero attached hydrogens (tertiary/aromatic N) is 2. The number of hydrogen-bond donors (Lipinski definition) is 0. The number of carbonyl (C=O) groups is 2. The van der Waals surface area contributed by atoms with E-state index in [1.165, 1.54) is 12.7 Å². The van der Waals surface area contributed by atoms with Gasteiger partial charge in [0.25, 0.3) is 5.91 Å². The molecule has 1 aliphatic heterocycles. The van der Waals surface area contributed by atoms with Gasteiger partial charge in [0.05, 0.1) is 33.3 Å². The largest absolute Gasteiger partial charge is 0.497 e. The Morgan fingerprint density at radius 2 is 1.53 bits per heavy atom. The van der Waals surface area contributed by atoms with Gasteiger partial charge in [0, 0.05) is 24.8 Å². The zero-order valence-electron chi connectivity index (χ0n) is 23.0. The molecule has 38 heavy (non-hydrogen) atoms. The molecule has 0 fully saturated rings. The lowest BCUT2D eigenvalue weighted by Crippen LogP contribution is -2.47. The minimum atomic E-state index is -0.668. The third kappa shape index (κ3) is 4.93. The zero-order valence-corrected chi connectivity index (χ0v) is 23.0. The lowest BCUT2D eigenvalue weighted by Gasteiger charge is -2.42. The number of likely N-dealkylation sites (N-methyl/N-ethyl adjacent to an activating group) is 1. The fourth-order valence-corrected chi connectivity index (χ4v) is 5.20. The zero-order chi connectivity index (χ0) is 27.4. The molecule has 0 spiro atoms. The highest BCUT2D eigenvalue weighted by Crippen LogP contribution is 2.47. The van der Waals surface area contributed by atoms with Crippen LogP contribution in [-0.2, 0) is 11.2 Å². The number of ether oxygens (including phenoxy) is 3. The van der Waals surface area contributed by atoms with Gasteiger partial charge in [-0.05, 0) is 65.9 Å². The molecule has 1 aliphatic rings. The van der Waals surface area contributed by atoms with E-state index in [9.17, 15) is 9.59 Å². The van der Waals surface area contributed by atoms with Gasteiger partial charge in [0.2, 0.25) is 5.91 Å². The number of aryl methyl sites for hydroxylation is 1. The number of benzene rings is 3. The fourth-order valence-electron chi connectivity index (χ4n) is 5.20. The summed E-state index contributed by atoms with van der Waals surface area (Å²) < 4.78 is 16.4. The van der Waals surface area contributed by atoms with Gasteiger partial charge in [-0.3, -0.25) is 9.59 Å². The summed E-state index contributed by atoms with van der Waals surface area (Å²) in [7, 11) is 6.45. The average Bonchev–Trinajstić information content (AvgIpc) is 2.96. The summed E-state index contributed by atoms with van der Waals surface area (Å²) in [6.07, 6.45) is 1.71. The van der Waals surface area contributed by atoms with E-state index < -0.39 is 12.0 Å². The molecule has 0 N–H and O–H groups in total. The fraction of sp³-hybridized carbons (Fsp3) is 0.355. The normalized spacial score (nSPS) is 16.6. The van der Waals surface area contributed by atoms with Crippen molar-refractivity contribution < 1.29 is 23.8 Å². The summed E-state index contributed by atoms with van der Waals surface area (Å²) >= 11 is 0. The quantitative estimate of drug-likeness (QED) is 0.369. The first-order chi connectivity index (χ1) is 18.4. The van der Waals surface area contributed by atoms with Crippen molar-refractivity contribution in [1.82, 2.24) is 4.90 Å². The molecule has 0 bridgehead atoms. The molecule has 0 saturated heterocycles. The van der Waals surface area contributed by atoms with E-state index in [1.54, 1.807) is 38.3 Å². The second-order valence-electron chi connectivity index (χ2n) is 9.42. The van der Waals surface area contributed by atoms with Crippen molar-refractivity contribution in [3.05, 3.63) is 82.9 Å². The van der Waals surface area contributed by atoms with E-state index in [0.29, 0.717) is 34.9 Å². The predicted molar refractivity (Wildman–Crippen MR) is 149 cm³/mol. The molecule has 7 nitrogen and oxygen atoms in total. The Balaban J connectivity index is 1.92. The van der Waals surface area contributed by atoms with Crippen LogP contribution in [0.2, 0.25) is 0 Å². The highest BCUT2D eigenvalue weighted by atomic mass is 16.5. The molecular formula is C31H36N2O5. The Hall–Kier alpha value is -4.00. The van der Waals surface area contributed by atoms with Crippen molar-refractivity contribution in [3.63, 3.8) is 0 Å². The molecule has 4 rings (SSSR count). The van der Waals surface area contributed by atoms with Crippen molar-refractivity contribution in [1.29, 1.82) is 0 Å². The van der Waals surface area contributed by atoms with Crippen LogP contribution in [0.3, 0.4) is 0 Å². The van der Waals surface area contributed by atoms with Crippen molar-refractivity contribution in [2.45, 2.75) is 38.6 Å². The summed E-state index contributed by atoms with van der Waals surface area (Å²) in [6, 6.07) is 18.6. The van der Waals surface area contributed by atoms with E-state index in [4.69, 9.17) is 14.2 Å². The van der Waals surface area contributed by atoms with E-state index in [1.807, 2.05) is 41.3 Å². The van der Waals surface area contributed by atoms with Crippen LogP contribution in [0.1, 0.15) is 59.3 Å². The Morgan fingerprint density at radius 3 is 2.08 bits per heavy atom. The minimum Gasteiger partial charge on any atom is -0.497 e. The Kier molecular flexibility index (Phi) is 8.25. The third-order valence-corrected chi connectivity index (χ3v) is 7.27. The van der Waals surface area contributed by atoms with E-state index in [0.717, 1.165) is 24.1 Å². The Bertz CT molecular complexity index is 1290. The van der Waals surface area contributed by atoms with Gasteiger partial charge >= 0.3 is 0 Å². The first-order valence-electron chi connectivity index (χ1n) is 13.0. The van der Waals surface area contributed by atoms with Crippen molar-refractivity contribution in [3.8, 4) is 17.2 Å². The molecule has 2 atom stereocenters. The lowest BCUT2D eigenvalue weighted by atomic mass is 9.78. The first kappa shape index (κ1) is 27.0. The van der Waals surface area contributed by atoms with Gasteiger partial charge in [-0.15, -0.1) is 0 Å². The van der Waals surface area contributed by atoms with Crippen molar-refractivity contribution in [2.24, 2.45) is 0 Å². The van der Waals surface area contributed by atoms with Crippen LogP contribution in [0.5, 0.6) is 17.2 Å². The molecule has 3 aromatic rings. The number of amides is 2. The van der Waals surface area contributed by atoms with Gasteiger partial charge in [-0.1, -0.05) is 38.1 Å². The summed E-state index contributed by atoms with van der Waals surface area (Å²) in [4.78, 5) is 31.8. The maximum Gasteiger partial charge on any atom is 0.254 e. The van der Waals surface area contributed by atoms with E-state index in [2.05, 4.69) is 26.0 Å². The molecular weight excluding hydrogens is 480 g/mol. The number of hydrogen-bond acceptors (Lipinski definition) is 5. The molecule has 7 heteroatoms. The number of carbonyl (C=O) groups excluding carboxylic acids is 2. The Morgan fingerprint density at radius 1 is 0.895 bits per heavy atom. The van der Waals surface area contributed by atoms with Crippen LogP contribution in [0.25, 0.3) is 0 Å². The third-order valence-electron chi connectivity index (χ3n) is 7.27. The molecule has 0 aliphatic carbocycles. The summed E-state index contributed by atoms with van der Waals surface area (Å²) in [5, 5.41) is 0. The van der Waals surface area contributed by atoms with E-state index in [-0.39, 0.29) is 11.8 Å². The second-order valence-corrected chi connectivity index (χ2v) is 9.42. The van der Waals surface area contributed by atoms with Gasteiger partial charge in [0.1, 0.15) is 5.75 Å². The number of rotatable bonds is 9. The highest BCUT2D eigenvalue weighted by Gasteiger charge is 2.45. The molecule has 3 aromatic carbocycles. The molecule has 0 aromatic heterocycles. The second kappa shape index (κ2) is 11.6. The number of fused-ring (bicyclic) bond motifs is 1. The Labute approximate surface area is 224 Å². The minimum absolute atomic E-state index is 0.0789. The van der Waals surface area contributed by atoms with Crippen LogP contribution in [0.4, 0.5) is 5.69 Å². The number of anilines is 1. The monoisotopic (exact) mass is 516 g/mol. The van der Waals surface area contributed by atoms with Gasteiger partial charge in [-0.25, -0.2) is 0 Å². The SMILES string of the molecule is CCCN(C(=O)[C@H]1c2cc(OC)c(OC)cc2C(=O)N(C)[C@H]1c1ccc(OC)cc1)c1ccc(CC)cc1. The van der Waals surface area contributed by atoms with Crippen LogP contribution in [0.15, 0.2) is 60.7 Å². The van der Waals surface area contributed by atoms with Crippen LogP contribution >= 0.6 is 0 Å². The molecule has 0 saturated carbocycles. The maximum atomic E-state index is 14.6. The van der Waals surface area contributed by atoms with Crippen molar-refractivity contribution >= 4 is 17.5 Å². The molecule has 2 amide bonds. The highest BCUT2D eigenvalue weighted by molar-refractivity contribution is 6.05. The van der Waals surface area contributed by atoms with Crippen molar-refractivity contribution in [2.75, 3.05) is 39.8 Å².